The Hall–Kier alpha value is -0.710. The summed E-state index contributed by atoms with van der Waals surface area (Å²) in [7, 11) is 0. The van der Waals surface area contributed by atoms with Crippen LogP contribution in [0.4, 0.5) is 0 Å². The van der Waals surface area contributed by atoms with Crippen LogP contribution in [0.1, 0.15) is 32.3 Å². The Morgan fingerprint density at radius 3 is 2.80 bits per heavy atom. The summed E-state index contributed by atoms with van der Waals surface area (Å²) in [6.45, 7) is 6.39. The number of carbonyl (C=O) groups excluding carboxylic acids is 1. The third-order valence-electron chi connectivity index (χ3n) is 1.82. The molecule has 0 amide bonds. The van der Waals surface area contributed by atoms with Gasteiger partial charge in [0, 0.05) is 6.54 Å². The predicted octanol–water partition coefficient (Wildman–Crippen LogP) is 2.35. The van der Waals surface area contributed by atoms with Crippen molar-refractivity contribution < 1.29 is 9.63 Å². The molecule has 0 radical (unpaired) electrons. The summed E-state index contributed by atoms with van der Waals surface area (Å²) in [5.74, 6) is -0.126. The van der Waals surface area contributed by atoms with Gasteiger partial charge in [0.2, 0.25) is 0 Å². The van der Waals surface area contributed by atoms with Crippen LogP contribution >= 0.6 is 11.3 Å². The van der Waals surface area contributed by atoms with Gasteiger partial charge in [0.25, 0.3) is 0 Å². The van der Waals surface area contributed by atoms with Crippen molar-refractivity contribution in [3.8, 4) is 0 Å². The van der Waals surface area contributed by atoms with Crippen molar-refractivity contribution >= 4 is 17.6 Å². The molecule has 1 N–H and O–H groups in total. The maximum absolute atomic E-state index is 10.9. The van der Waals surface area contributed by atoms with Crippen LogP contribution in [0.15, 0.2) is 16.8 Å². The van der Waals surface area contributed by atoms with E-state index in [2.05, 4.69) is 5.48 Å². The average molecular weight is 227 g/mol. The molecule has 0 aliphatic carbocycles. The van der Waals surface area contributed by atoms with Gasteiger partial charge in [-0.3, -0.25) is 4.84 Å². The summed E-state index contributed by atoms with van der Waals surface area (Å²) in [6.07, 6.45) is 0.946. The van der Waals surface area contributed by atoms with E-state index in [-0.39, 0.29) is 11.5 Å². The van der Waals surface area contributed by atoms with Crippen LogP contribution in [0.3, 0.4) is 0 Å². The van der Waals surface area contributed by atoms with Crippen molar-refractivity contribution in [3.63, 3.8) is 0 Å². The summed E-state index contributed by atoms with van der Waals surface area (Å²) < 4.78 is 0. The number of carbonyl (C=O) groups is 1. The second-order valence-corrected chi connectivity index (χ2v) is 5.14. The van der Waals surface area contributed by atoms with Crippen LogP contribution in [0.2, 0.25) is 0 Å². The smallest absolute Gasteiger partial charge is 0.128 e. The Labute approximate surface area is 94.4 Å². The van der Waals surface area contributed by atoms with Crippen molar-refractivity contribution in [1.29, 1.82) is 0 Å². The Morgan fingerprint density at radius 1 is 1.60 bits per heavy atom. The lowest BCUT2D eigenvalue weighted by Crippen LogP contribution is -2.32. The molecule has 3 nitrogen and oxygen atoms in total. The zero-order chi connectivity index (χ0) is 11.3. The van der Waals surface area contributed by atoms with Crippen LogP contribution in [-0.4, -0.2) is 18.4 Å². The molecule has 1 aromatic heterocycles. The lowest BCUT2D eigenvalue weighted by molar-refractivity contribution is -0.111. The van der Waals surface area contributed by atoms with Gasteiger partial charge in [-0.1, -0.05) is 0 Å². The minimum absolute atomic E-state index is 0.126. The number of hydroxylamine groups is 1. The molecule has 1 rings (SSSR count). The van der Waals surface area contributed by atoms with Crippen molar-refractivity contribution in [2.45, 2.75) is 32.3 Å². The summed E-state index contributed by atoms with van der Waals surface area (Å²) in [5, 5.41) is 3.95. The van der Waals surface area contributed by atoms with Gasteiger partial charge in [-0.05, 0) is 43.2 Å². The van der Waals surface area contributed by atoms with Gasteiger partial charge in [0.15, 0.2) is 0 Å². The van der Waals surface area contributed by atoms with E-state index in [1.807, 2.05) is 37.6 Å². The van der Waals surface area contributed by atoms with E-state index in [1.54, 1.807) is 11.3 Å². The maximum atomic E-state index is 10.9. The summed E-state index contributed by atoms with van der Waals surface area (Å²) >= 11 is 1.59. The van der Waals surface area contributed by atoms with Gasteiger partial charge < -0.3 is 4.79 Å². The molecule has 0 fully saturated rings. The minimum Gasteiger partial charge on any atom is -0.303 e. The fourth-order valence-electron chi connectivity index (χ4n) is 1.08. The monoisotopic (exact) mass is 227 g/mol. The van der Waals surface area contributed by atoms with Gasteiger partial charge >= 0.3 is 0 Å². The highest BCUT2D eigenvalue weighted by Gasteiger charge is 2.14. The van der Waals surface area contributed by atoms with Gasteiger partial charge in [-0.25, -0.2) is 5.48 Å². The van der Waals surface area contributed by atoms with Crippen molar-refractivity contribution in [2.75, 3.05) is 6.54 Å². The van der Waals surface area contributed by atoms with Crippen molar-refractivity contribution in [3.05, 3.63) is 22.4 Å². The normalized spacial score (nSPS) is 13.8. The van der Waals surface area contributed by atoms with Crippen LogP contribution in [0.5, 0.6) is 0 Å². The van der Waals surface area contributed by atoms with E-state index in [9.17, 15) is 4.79 Å². The predicted molar refractivity (Wildman–Crippen MR) is 62.0 cm³/mol. The second kappa shape index (κ2) is 5.39. The van der Waals surface area contributed by atoms with Crippen molar-refractivity contribution in [1.82, 2.24) is 5.48 Å². The summed E-state index contributed by atoms with van der Waals surface area (Å²) in [6, 6.07) is 1.96. The molecule has 1 aromatic rings. The molecular formula is C11H17NO2S. The topological polar surface area (TPSA) is 38.3 Å². The molecule has 0 saturated heterocycles. The fraction of sp³-hybridized carbons (Fsp3) is 0.545. The van der Waals surface area contributed by atoms with Crippen LogP contribution < -0.4 is 5.48 Å². The standard InChI is InChI=1S/C11H17NO2S/c1-11(2,3)14-12-6-10(7-13)9-4-5-15-8-9/h4-5,7-8,10,12H,6H2,1-3H3. The van der Waals surface area contributed by atoms with Crippen LogP contribution in [0, 0.1) is 0 Å². The number of rotatable bonds is 5. The fourth-order valence-corrected chi connectivity index (χ4v) is 1.80. The number of nitrogens with one attached hydrogen (secondary N) is 1. The van der Waals surface area contributed by atoms with Gasteiger partial charge in [0.1, 0.15) is 6.29 Å². The first-order valence-corrected chi connectivity index (χ1v) is 5.85. The van der Waals surface area contributed by atoms with Gasteiger partial charge in [-0.15, -0.1) is 0 Å². The highest BCUT2D eigenvalue weighted by atomic mass is 32.1. The maximum Gasteiger partial charge on any atom is 0.128 e. The Bertz CT molecular complexity index is 290. The molecule has 0 aliphatic rings. The first kappa shape index (κ1) is 12.4. The number of hydrogen-bond acceptors (Lipinski definition) is 4. The first-order chi connectivity index (χ1) is 7.03. The zero-order valence-electron chi connectivity index (χ0n) is 9.32. The number of aldehydes is 1. The Kier molecular flexibility index (Phi) is 4.45. The molecular weight excluding hydrogens is 210 g/mol. The molecule has 1 atom stereocenters. The van der Waals surface area contributed by atoms with E-state index in [1.165, 1.54) is 0 Å². The third kappa shape index (κ3) is 4.55. The largest absolute Gasteiger partial charge is 0.303 e. The van der Waals surface area contributed by atoms with Gasteiger partial charge in [0.05, 0.1) is 11.5 Å². The Balaban J connectivity index is 2.39. The molecule has 0 spiro atoms. The van der Waals surface area contributed by atoms with E-state index < -0.39 is 0 Å². The molecule has 0 saturated carbocycles. The lowest BCUT2D eigenvalue weighted by Gasteiger charge is -2.20. The average Bonchev–Trinajstić information content (AvgIpc) is 2.63. The molecule has 84 valence electrons. The quantitative estimate of drug-likeness (QED) is 0.620. The van der Waals surface area contributed by atoms with E-state index in [0.717, 1.165) is 11.8 Å². The molecule has 15 heavy (non-hydrogen) atoms. The number of hydrogen-bond donors (Lipinski definition) is 1. The van der Waals surface area contributed by atoms with E-state index in [4.69, 9.17) is 4.84 Å². The molecule has 1 unspecified atom stereocenters. The molecule has 1 heterocycles. The van der Waals surface area contributed by atoms with E-state index >= 15 is 0 Å². The molecule has 0 aromatic carbocycles. The van der Waals surface area contributed by atoms with Crippen LogP contribution in [0.25, 0.3) is 0 Å². The minimum atomic E-state index is -0.234. The van der Waals surface area contributed by atoms with E-state index in [0.29, 0.717) is 6.54 Å². The molecule has 4 heteroatoms. The third-order valence-corrected chi connectivity index (χ3v) is 2.52. The Morgan fingerprint density at radius 2 is 2.33 bits per heavy atom. The van der Waals surface area contributed by atoms with Crippen LogP contribution in [-0.2, 0) is 9.63 Å². The highest BCUT2D eigenvalue weighted by Crippen LogP contribution is 2.16. The first-order valence-electron chi connectivity index (χ1n) is 4.91. The van der Waals surface area contributed by atoms with Gasteiger partial charge in [-0.2, -0.15) is 11.3 Å². The molecule has 0 bridgehead atoms. The summed E-state index contributed by atoms with van der Waals surface area (Å²) in [5.41, 5.74) is 3.65. The van der Waals surface area contributed by atoms with Crippen molar-refractivity contribution in [2.24, 2.45) is 0 Å². The zero-order valence-corrected chi connectivity index (χ0v) is 10.1. The lowest BCUT2D eigenvalue weighted by atomic mass is 10.1. The number of thiophene rings is 1. The SMILES string of the molecule is CC(C)(C)ONCC(C=O)c1ccsc1. The summed E-state index contributed by atoms with van der Waals surface area (Å²) in [4.78, 5) is 16.2. The highest BCUT2D eigenvalue weighted by molar-refractivity contribution is 7.08. The molecule has 0 aliphatic heterocycles. The second-order valence-electron chi connectivity index (χ2n) is 4.36.